The summed E-state index contributed by atoms with van der Waals surface area (Å²) in [4.78, 5) is 24.4. The van der Waals surface area contributed by atoms with Crippen molar-refractivity contribution in [2.75, 3.05) is 17.7 Å². The summed E-state index contributed by atoms with van der Waals surface area (Å²) in [6, 6.07) is 16.9. The van der Waals surface area contributed by atoms with E-state index in [9.17, 15) is 9.59 Å². The van der Waals surface area contributed by atoms with E-state index in [-0.39, 0.29) is 17.6 Å². The monoisotopic (exact) mass is 414 g/mol. The van der Waals surface area contributed by atoms with Crippen molar-refractivity contribution < 1.29 is 18.7 Å². The number of ether oxygens (including phenoxy) is 1. The van der Waals surface area contributed by atoms with Crippen LogP contribution in [0.5, 0.6) is 5.75 Å². The SMILES string of the molecule is COc1ccccc1NC(=O)c1ccc(NC(=O)c2ccc(Br)o2)cc1. The molecule has 2 aromatic carbocycles. The van der Waals surface area contributed by atoms with Crippen LogP contribution >= 0.6 is 15.9 Å². The number of rotatable bonds is 5. The first-order chi connectivity index (χ1) is 12.6. The van der Waals surface area contributed by atoms with Crippen molar-refractivity contribution in [3.05, 3.63) is 76.7 Å². The van der Waals surface area contributed by atoms with E-state index in [2.05, 4.69) is 26.6 Å². The lowest BCUT2D eigenvalue weighted by Gasteiger charge is -2.10. The predicted molar refractivity (Wildman–Crippen MR) is 102 cm³/mol. The molecule has 6 nitrogen and oxygen atoms in total. The van der Waals surface area contributed by atoms with Crippen molar-refractivity contribution in [2.24, 2.45) is 0 Å². The lowest BCUT2D eigenvalue weighted by molar-refractivity contribution is 0.0994. The molecule has 0 aliphatic rings. The standard InChI is InChI=1S/C19H15BrN2O4/c1-25-15-5-3-2-4-14(15)22-18(23)12-6-8-13(9-7-12)21-19(24)16-10-11-17(20)26-16/h2-11H,1H3,(H,21,24)(H,22,23). The van der Waals surface area contributed by atoms with Gasteiger partial charge in [-0.1, -0.05) is 12.1 Å². The van der Waals surface area contributed by atoms with Crippen LogP contribution in [-0.2, 0) is 0 Å². The van der Waals surface area contributed by atoms with Gasteiger partial charge in [-0.15, -0.1) is 0 Å². The summed E-state index contributed by atoms with van der Waals surface area (Å²) in [6.07, 6.45) is 0. The van der Waals surface area contributed by atoms with Crippen LogP contribution in [0, 0.1) is 0 Å². The Morgan fingerprint density at radius 3 is 2.31 bits per heavy atom. The number of anilines is 2. The Hall–Kier alpha value is -3.06. The average molecular weight is 415 g/mol. The molecule has 0 radical (unpaired) electrons. The number of hydrogen-bond acceptors (Lipinski definition) is 4. The number of methoxy groups -OCH3 is 1. The molecule has 26 heavy (non-hydrogen) atoms. The first-order valence-corrected chi connectivity index (χ1v) is 8.47. The molecule has 0 bridgehead atoms. The van der Waals surface area contributed by atoms with E-state index in [0.717, 1.165) is 0 Å². The molecule has 0 aliphatic heterocycles. The van der Waals surface area contributed by atoms with Crippen LogP contribution in [0.15, 0.2) is 69.8 Å². The molecular formula is C19H15BrN2O4. The minimum Gasteiger partial charge on any atom is -0.495 e. The average Bonchev–Trinajstić information content (AvgIpc) is 3.09. The zero-order valence-corrected chi connectivity index (χ0v) is 15.4. The van der Waals surface area contributed by atoms with Crippen LogP contribution in [0.4, 0.5) is 11.4 Å². The summed E-state index contributed by atoms with van der Waals surface area (Å²) in [6.45, 7) is 0. The van der Waals surface area contributed by atoms with Crippen LogP contribution in [-0.4, -0.2) is 18.9 Å². The van der Waals surface area contributed by atoms with E-state index in [1.807, 2.05) is 12.1 Å². The molecule has 1 aromatic heterocycles. The van der Waals surface area contributed by atoms with Crippen LogP contribution in [0.2, 0.25) is 0 Å². The van der Waals surface area contributed by atoms with Crippen molar-refractivity contribution in [1.29, 1.82) is 0 Å². The van der Waals surface area contributed by atoms with Crippen LogP contribution < -0.4 is 15.4 Å². The van der Waals surface area contributed by atoms with Crippen molar-refractivity contribution in [2.45, 2.75) is 0 Å². The number of carbonyl (C=O) groups excluding carboxylic acids is 2. The third-order valence-electron chi connectivity index (χ3n) is 3.56. The molecule has 0 atom stereocenters. The Kier molecular flexibility index (Phi) is 5.38. The number of benzene rings is 2. The largest absolute Gasteiger partial charge is 0.495 e. The van der Waals surface area contributed by atoms with E-state index >= 15 is 0 Å². The number of para-hydroxylation sites is 2. The van der Waals surface area contributed by atoms with Gasteiger partial charge in [0.1, 0.15) is 5.75 Å². The fourth-order valence-corrected chi connectivity index (χ4v) is 2.58. The summed E-state index contributed by atoms with van der Waals surface area (Å²) < 4.78 is 10.9. The fraction of sp³-hybridized carbons (Fsp3) is 0.0526. The fourth-order valence-electron chi connectivity index (χ4n) is 2.28. The highest BCUT2D eigenvalue weighted by molar-refractivity contribution is 9.10. The smallest absolute Gasteiger partial charge is 0.291 e. The Morgan fingerprint density at radius 1 is 0.923 bits per heavy atom. The highest BCUT2D eigenvalue weighted by Crippen LogP contribution is 2.24. The van der Waals surface area contributed by atoms with Crippen molar-refractivity contribution in [3.8, 4) is 5.75 Å². The minimum absolute atomic E-state index is 0.190. The number of amides is 2. The Morgan fingerprint density at radius 2 is 1.65 bits per heavy atom. The van der Waals surface area contributed by atoms with Crippen LogP contribution in [0.25, 0.3) is 0 Å². The van der Waals surface area contributed by atoms with Gasteiger partial charge < -0.3 is 19.8 Å². The second-order valence-electron chi connectivity index (χ2n) is 5.29. The lowest BCUT2D eigenvalue weighted by Crippen LogP contribution is -2.13. The van der Waals surface area contributed by atoms with Crippen LogP contribution in [0.3, 0.4) is 0 Å². The molecule has 0 saturated carbocycles. The molecule has 0 spiro atoms. The quantitative estimate of drug-likeness (QED) is 0.641. The van der Waals surface area contributed by atoms with Crippen molar-refractivity contribution in [1.82, 2.24) is 0 Å². The number of carbonyl (C=O) groups is 2. The number of furan rings is 1. The molecule has 0 saturated heterocycles. The highest BCUT2D eigenvalue weighted by atomic mass is 79.9. The summed E-state index contributed by atoms with van der Waals surface area (Å²) in [7, 11) is 1.54. The molecule has 132 valence electrons. The highest BCUT2D eigenvalue weighted by Gasteiger charge is 2.12. The summed E-state index contributed by atoms with van der Waals surface area (Å²) in [5.41, 5.74) is 1.59. The van der Waals surface area contributed by atoms with E-state index in [1.54, 1.807) is 55.6 Å². The second kappa shape index (κ2) is 7.88. The van der Waals surface area contributed by atoms with E-state index < -0.39 is 0 Å². The molecule has 0 aliphatic carbocycles. The molecule has 0 fully saturated rings. The number of hydrogen-bond donors (Lipinski definition) is 2. The van der Waals surface area contributed by atoms with Crippen LogP contribution in [0.1, 0.15) is 20.9 Å². The first-order valence-electron chi connectivity index (χ1n) is 7.68. The number of nitrogens with one attached hydrogen (secondary N) is 2. The molecule has 3 aromatic rings. The minimum atomic E-state index is -0.373. The molecule has 7 heteroatoms. The molecule has 2 N–H and O–H groups in total. The Labute approximate surface area is 158 Å². The Balaban J connectivity index is 1.67. The molecule has 1 heterocycles. The van der Waals surface area contributed by atoms with E-state index in [4.69, 9.17) is 9.15 Å². The van der Waals surface area contributed by atoms with Gasteiger partial charge in [-0.3, -0.25) is 9.59 Å². The summed E-state index contributed by atoms with van der Waals surface area (Å²) in [5.74, 6) is 0.119. The van der Waals surface area contributed by atoms with Gasteiger partial charge in [0.05, 0.1) is 12.8 Å². The molecule has 2 amide bonds. The van der Waals surface area contributed by atoms with Gasteiger partial charge in [0.2, 0.25) is 0 Å². The maximum Gasteiger partial charge on any atom is 0.291 e. The summed E-state index contributed by atoms with van der Waals surface area (Å²) >= 11 is 3.15. The van der Waals surface area contributed by atoms with Crippen molar-refractivity contribution in [3.63, 3.8) is 0 Å². The van der Waals surface area contributed by atoms with Gasteiger partial charge >= 0.3 is 0 Å². The third-order valence-corrected chi connectivity index (χ3v) is 3.98. The maximum atomic E-state index is 12.4. The topological polar surface area (TPSA) is 80.6 Å². The Bertz CT molecular complexity index is 935. The van der Waals surface area contributed by atoms with Gasteiger partial charge in [0, 0.05) is 11.3 Å². The van der Waals surface area contributed by atoms with Crippen molar-refractivity contribution >= 4 is 39.1 Å². The second-order valence-corrected chi connectivity index (χ2v) is 6.07. The van der Waals surface area contributed by atoms with E-state index in [0.29, 0.717) is 27.4 Å². The normalized spacial score (nSPS) is 10.2. The van der Waals surface area contributed by atoms with Gasteiger partial charge in [-0.05, 0) is 64.5 Å². The summed E-state index contributed by atoms with van der Waals surface area (Å²) in [5, 5.41) is 5.50. The van der Waals surface area contributed by atoms with Gasteiger partial charge in [0.15, 0.2) is 10.4 Å². The molecular weight excluding hydrogens is 400 g/mol. The van der Waals surface area contributed by atoms with Gasteiger partial charge in [-0.2, -0.15) is 0 Å². The maximum absolute atomic E-state index is 12.4. The zero-order chi connectivity index (χ0) is 18.5. The number of halogens is 1. The van der Waals surface area contributed by atoms with Gasteiger partial charge in [0.25, 0.3) is 11.8 Å². The predicted octanol–water partition coefficient (Wildman–Crippen LogP) is 4.56. The molecule has 3 rings (SSSR count). The third kappa shape index (κ3) is 4.12. The first kappa shape index (κ1) is 17.8. The lowest BCUT2D eigenvalue weighted by atomic mass is 10.2. The van der Waals surface area contributed by atoms with Gasteiger partial charge in [-0.25, -0.2) is 0 Å². The molecule has 0 unspecified atom stereocenters. The van der Waals surface area contributed by atoms with E-state index in [1.165, 1.54) is 0 Å². The zero-order valence-electron chi connectivity index (χ0n) is 13.8.